The average molecular weight is 232 g/mol. The molecule has 2 N–H and O–H groups in total. The molecule has 0 aliphatic carbocycles. The van der Waals surface area contributed by atoms with Crippen molar-refractivity contribution in [3.05, 3.63) is 0 Å². The summed E-state index contributed by atoms with van der Waals surface area (Å²) < 4.78 is 9.92. The van der Waals surface area contributed by atoms with Crippen LogP contribution in [0, 0.1) is 0 Å². The number of methoxy groups -OCH3 is 2. The highest BCUT2D eigenvalue weighted by atomic mass is 16.5. The quantitative estimate of drug-likeness (QED) is 0.527. The van der Waals surface area contributed by atoms with Gasteiger partial charge in [0.05, 0.1) is 13.2 Å². The number of ether oxygens (including phenoxy) is 2. The highest BCUT2D eigenvalue weighted by Gasteiger charge is 2.07. The second-order valence-electron chi connectivity index (χ2n) is 3.64. The van der Waals surface area contributed by atoms with Crippen molar-refractivity contribution in [3.63, 3.8) is 0 Å². The van der Waals surface area contributed by atoms with Crippen LogP contribution in [0.4, 0.5) is 0 Å². The first kappa shape index (κ1) is 15.3. The van der Waals surface area contributed by atoms with Crippen LogP contribution in [0.5, 0.6) is 0 Å². The normalized spacial score (nSPS) is 12.4. The number of nitrogens with one attached hydrogen (secondary N) is 2. The summed E-state index contributed by atoms with van der Waals surface area (Å²) in [7, 11) is 3.31. The van der Waals surface area contributed by atoms with Gasteiger partial charge >= 0.3 is 0 Å². The Balaban J connectivity index is 3.47. The van der Waals surface area contributed by atoms with Crippen molar-refractivity contribution in [1.82, 2.24) is 10.6 Å². The average Bonchev–Trinajstić information content (AvgIpc) is 2.30. The van der Waals surface area contributed by atoms with Crippen LogP contribution in [0.25, 0.3) is 0 Å². The molecule has 1 unspecified atom stereocenters. The predicted molar refractivity (Wildman–Crippen MR) is 63.5 cm³/mol. The van der Waals surface area contributed by atoms with Crippen LogP contribution in [0.3, 0.4) is 0 Å². The van der Waals surface area contributed by atoms with E-state index in [2.05, 4.69) is 17.6 Å². The summed E-state index contributed by atoms with van der Waals surface area (Å²) in [5.74, 6) is 0.0191. The SMILES string of the molecule is CCC(COC)NCC(=O)NCCCOC. The Morgan fingerprint density at radius 2 is 2.06 bits per heavy atom. The van der Waals surface area contributed by atoms with Crippen molar-refractivity contribution in [1.29, 1.82) is 0 Å². The largest absolute Gasteiger partial charge is 0.385 e. The zero-order valence-corrected chi connectivity index (χ0v) is 10.5. The van der Waals surface area contributed by atoms with Gasteiger partial charge in [-0.3, -0.25) is 4.79 Å². The van der Waals surface area contributed by atoms with E-state index in [1.165, 1.54) is 0 Å². The van der Waals surface area contributed by atoms with Crippen molar-refractivity contribution >= 4 is 5.91 Å². The first-order chi connectivity index (χ1) is 7.74. The van der Waals surface area contributed by atoms with Crippen LogP contribution in [-0.2, 0) is 14.3 Å². The van der Waals surface area contributed by atoms with Crippen LogP contribution < -0.4 is 10.6 Å². The topological polar surface area (TPSA) is 59.6 Å². The predicted octanol–water partition coefficient (Wildman–Crippen LogP) is 0.154. The molecule has 1 amide bonds. The molecule has 0 aromatic heterocycles. The Kier molecular flexibility index (Phi) is 10.4. The third-order valence-electron chi connectivity index (χ3n) is 2.26. The van der Waals surface area contributed by atoms with E-state index in [0.717, 1.165) is 12.8 Å². The van der Waals surface area contributed by atoms with E-state index in [4.69, 9.17) is 9.47 Å². The third-order valence-corrected chi connectivity index (χ3v) is 2.26. The Hall–Kier alpha value is -0.650. The molecule has 0 fully saturated rings. The fourth-order valence-electron chi connectivity index (χ4n) is 1.27. The highest BCUT2D eigenvalue weighted by Crippen LogP contribution is 1.90. The number of hydrogen-bond acceptors (Lipinski definition) is 4. The summed E-state index contributed by atoms with van der Waals surface area (Å²) in [6, 6.07) is 0.245. The van der Waals surface area contributed by atoms with Gasteiger partial charge < -0.3 is 20.1 Å². The standard InChI is InChI=1S/C11H24N2O3/c1-4-10(9-16-3)13-8-11(14)12-6-5-7-15-2/h10,13H,4-9H2,1-3H3,(H,12,14). The smallest absolute Gasteiger partial charge is 0.233 e. The lowest BCUT2D eigenvalue weighted by atomic mass is 10.2. The lowest BCUT2D eigenvalue weighted by molar-refractivity contribution is -0.120. The van der Waals surface area contributed by atoms with Gasteiger partial charge in [-0.1, -0.05) is 6.92 Å². The monoisotopic (exact) mass is 232 g/mol. The molecule has 5 heteroatoms. The molecular weight excluding hydrogens is 208 g/mol. The van der Waals surface area contributed by atoms with Gasteiger partial charge in [0, 0.05) is 33.4 Å². The molecule has 5 nitrogen and oxygen atoms in total. The van der Waals surface area contributed by atoms with Gasteiger partial charge in [-0.05, 0) is 12.8 Å². The maximum atomic E-state index is 11.4. The number of carbonyl (C=O) groups excluding carboxylic acids is 1. The first-order valence-corrected chi connectivity index (χ1v) is 5.72. The van der Waals surface area contributed by atoms with Gasteiger partial charge in [0.25, 0.3) is 0 Å². The molecule has 0 saturated carbocycles. The number of rotatable bonds is 10. The number of amides is 1. The minimum atomic E-state index is 0.0191. The lowest BCUT2D eigenvalue weighted by Crippen LogP contribution is -2.41. The molecule has 96 valence electrons. The van der Waals surface area contributed by atoms with E-state index in [-0.39, 0.29) is 11.9 Å². The van der Waals surface area contributed by atoms with Gasteiger partial charge in [-0.2, -0.15) is 0 Å². The first-order valence-electron chi connectivity index (χ1n) is 5.72. The van der Waals surface area contributed by atoms with E-state index in [1.807, 2.05) is 0 Å². The molecule has 0 aromatic rings. The van der Waals surface area contributed by atoms with E-state index >= 15 is 0 Å². The van der Waals surface area contributed by atoms with Crippen LogP contribution in [0.15, 0.2) is 0 Å². The molecule has 0 aromatic carbocycles. The second-order valence-corrected chi connectivity index (χ2v) is 3.64. The summed E-state index contributed by atoms with van der Waals surface area (Å²) in [4.78, 5) is 11.4. The summed E-state index contributed by atoms with van der Waals surface area (Å²) >= 11 is 0. The fraction of sp³-hybridized carbons (Fsp3) is 0.909. The van der Waals surface area contributed by atoms with Crippen molar-refractivity contribution in [3.8, 4) is 0 Å². The molecular formula is C11H24N2O3. The molecule has 1 atom stereocenters. The van der Waals surface area contributed by atoms with E-state index in [1.54, 1.807) is 14.2 Å². The van der Waals surface area contributed by atoms with E-state index < -0.39 is 0 Å². The number of carbonyl (C=O) groups is 1. The number of hydrogen-bond donors (Lipinski definition) is 2. The molecule has 0 rings (SSSR count). The van der Waals surface area contributed by atoms with Crippen molar-refractivity contribution in [2.75, 3.05) is 40.5 Å². The van der Waals surface area contributed by atoms with E-state index in [0.29, 0.717) is 26.3 Å². The highest BCUT2D eigenvalue weighted by molar-refractivity contribution is 5.77. The summed E-state index contributed by atoms with van der Waals surface area (Å²) in [6.45, 7) is 4.37. The summed E-state index contributed by atoms with van der Waals surface area (Å²) in [5.41, 5.74) is 0. The van der Waals surface area contributed by atoms with Gasteiger partial charge in [-0.15, -0.1) is 0 Å². The Morgan fingerprint density at radius 1 is 1.31 bits per heavy atom. The molecule has 0 heterocycles. The minimum absolute atomic E-state index is 0.0191. The van der Waals surface area contributed by atoms with E-state index in [9.17, 15) is 4.79 Å². The summed E-state index contributed by atoms with van der Waals surface area (Å²) in [5, 5.41) is 5.96. The van der Waals surface area contributed by atoms with Gasteiger partial charge in [0.1, 0.15) is 0 Å². The minimum Gasteiger partial charge on any atom is -0.385 e. The maximum absolute atomic E-state index is 11.4. The van der Waals surface area contributed by atoms with Crippen LogP contribution in [0.2, 0.25) is 0 Å². The van der Waals surface area contributed by atoms with Crippen LogP contribution in [0.1, 0.15) is 19.8 Å². The molecule has 0 saturated heterocycles. The zero-order valence-electron chi connectivity index (χ0n) is 10.5. The molecule has 0 aliphatic heterocycles. The molecule has 0 aliphatic rings. The Bertz CT molecular complexity index is 177. The third kappa shape index (κ3) is 8.64. The maximum Gasteiger partial charge on any atom is 0.233 e. The van der Waals surface area contributed by atoms with Crippen LogP contribution >= 0.6 is 0 Å². The second kappa shape index (κ2) is 10.9. The van der Waals surface area contributed by atoms with Gasteiger partial charge in [0.15, 0.2) is 0 Å². The molecule has 0 bridgehead atoms. The molecule has 0 spiro atoms. The van der Waals surface area contributed by atoms with Crippen LogP contribution in [-0.4, -0.2) is 52.5 Å². The van der Waals surface area contributed by atoms with Crippen molar-refractivity contribution in [2.45, 2.75) is 25.8 Å². The Labute approximate surface area is 97.9 Å². The Morgan fingerprint density at radius 3 is 2.62 bits per heavy atom. The zero-order chi connectivity index (χ0) is 12.2. The van der Waals surface area contributed by atoms with Crippen molar-refractivity contribution < 1.29 is 14.3 Å². The van der Waals surface area contributed by atoms with Gasteiger partial charge in [-0.25, -0.2) is 0 Å². The molecule has 0 radical (unpaired) electrons. The van der Waals surface area contributed by atoms with Crippen molar-refractivity contribution in [2.24, 2.45) is 0 Å². The summed E-state index contributed by atoms with van der Waals surface area (Å²) in [6.07, 6.45) is 1.79. The van der Waals surface area contributed by atoms with Gasteiger partial charge in [0.2, 0.25) is 5.91 Å². The lowest BCUT2D eigenvalue weighted by Gasteiger charge is -2.15. The fourth-order valence-corrected chi connectivity index (χ4v) is 1.27. The molecule has 16 heavy (non-hydrogen) atoms.